The summed E-state index contributed by atoms with van der Waals surface area (Å²) < 4.78 is 60.9. The molecule has 0 unspecified atom stereocenters. The van der Waals surface area contributed by atoms with Crippen LogP contribution in [0.4, 0.5) is 18.9 Å². The predicted molar refractivity (Wildman–Crippen MR) is 143 cm³/mol. The van der Waals surface area contributed by atoms with Gasteiger partial charge in [0.25, 0.3) is 0 Å². The number of anilines is 1. The summed E-state index contributed by atoms with van der Waals surface area (Å²) in [4.78, 5) is 30.1. The van der Waals surface area contributed by atoms with Crippen molar-refractivity contribution >= 4 is 28.6 Å². The molecule has 0 saturated heterocycles. The highest BCUT2D eigenvalue weighted by atomic mass is 19.4. The number of para-hydroxylation sites is 3. The molecule has 3 aromatic carbocycles. The van der Waals surface area contributed by atoms with Crippen molar-refractivity contribution in [2.45, 2.75) is 45.0 Å². The zero-order chi connectivity index (χ0) is 28.9. The van der Waals surface area contributed by atoms with Crippen molar-refractivity contribution in [3.63, 3.8) is 0 Å². The van der Waals surface area contributed by atoms with Gasteiger partial charge in [0.2, 0.25) is 0 Å². The largest absolute Gasteiger partial charge is 0.489 e. The lowest BCUT2D eigenvalue weighted by molar-refractivity contribution is -0.171. The van der Waals surface area contributed by atoms with Gasteiger partial charge in [0.1, 0.15) is 30.5 Å². The average molecular weight is 566 g/mol. The van der Waals surface area contributed by atoms with Crippen LogP contribution in [0, 0.1) is 0 Å². The fourth-order valence-electron chi connectivity index (χ4n) is 5.42. The van der Waals surface area contributed by atoms with E-state index in [-0.39, 0.29) is 31.1 Å². The predicted octanol–water partition coefficient (Wildman–Crippen LogP) is 6.00. The molecule has 2 atom stereocenters. The summed E-state index contributed by atoms with van der Waals surface area (Å²) in [5.41, 5.74) is 3.21. The Labute approximate surface area is 233 Å². The number of benzene rings is 3. The van der Waals surface area contributed by atoms with E-state index >= 15 is 0 Å². The van der Waals surface area contributed by atoms with Crippen molar-refractivity contribution in [1.82, 2.24) is 9.55 Å². The van der Waals surface area contributed by atoms with E-state index in [1.165, 1.54) is 18.2 Å². The van der Waals surface area contributed by atoms with Crippen LogP contribution in [0.2, 0.25) is 0 Å². The molecule has 0 bridgehead atoms. The minimum absolute atomic E-state index is 0.0114. The van der Waals surface area contributed by atoms with E-state index in [9.17, 15) is 22.8 Å². The lowest BCUT2D eigenvalue weighted by atomic mass is 10.0. The molecule has 0 radical (unpaired) electrons. The normalized spacial score (nSPS) is 17.5. The third-order valence-electron chi connectivity index (χ3n) is 7.30. The molecule has 11 heteroatoms. The van der Waals surface area contributed by atoms with Crippen molar-refractivity contribution in [3.05, 3.63) is 77.6 Å². The summed E-state index contributed by atoms with van der Waals surface area (Å²) in [6.45, 7) is 3.48. The molecular weight excluding hydrogens is 539 g/mol. The number of ether oxygens (including phenoxy) is 3. The number of alkyl halides is 3. The maximum atomic E-state index is 14.0. The second-order valence-electron chi connectivity index (χ2n) is 9.77. The Balaban J connectivity index is 1.43. The van der Waals surface area contributed by atoms with Gasteiger partial charge in [0.15, 0.2) is 6.10 Å². The number of amides is 1. The molecule has 6 rings (SSSR count). The van der Waals surface area contributed by atoms with Gasteiger partial charge < -0.3 is 14.2 Å². The molecule has 1 aromatic heterocycles. The summed E-state index contributed by atoms with van der Waals surface area (Å²) in [6, 6.07) is 16.1. The molecule has 3 heterocycles. The first-order valence-electron chi connectivity index (χ1n) is 13.3. The molecule has 41 heavy (non-hydrogen) atoms. The second kappa shape index (κ2) is 10.1. The number of carbonyl (C=O) groups is 2. The maximum absolute atomic E-state index is 14.0. The van der Waals surface area contributed by atoms with E-state index in [4.69, 9.17) is 19.2 Å². The van der Waals surface area contributed by atoms with Crippen molar-refractivity contribution in [2.24, 2.45) is 0 Å². The first-order chi connectivity index (χ1) is 19.7. The molecule has 2 aliphatic heterocycles. The van der Waals surface area contributed by atoms with E-state index in [2.05, 4.69) is 0 Å². The Bertz CT molecular complexity index is 1670. The third kappa shape index (κ3) is 4.55. The van der Waals surface area contributed by atoms with E-state index in [0.29, 0.717) is 33.9 Å². The van der Waals surface area contributed by atoms with Gasteiger partial charge in [-0.05, 0) is 30.3 Å². The third-order valence-corrected chi connectivity index (χ3v) is 7.30. The van der Waals surface area contributed by atoms with Gasteiger partial charge >= 0.3 is 18.1 Å². The fraction of sp³-hybridized carbons (Fsp3) is 0.300. The van der Waals surface area contributed by atoms with Crippen LogP contribution >= 0.6 is 0 Å². The molecule has 8 nitrogen and oxygen atoms in total. The molecule has 4 aromatic rings. The highest BCUT2D eigenvalue weighted by Crippen LogP contribution is 2.46. The number of rotatable bonds is 6. The standard InChI is InChI=1S/C30H26F3N3O5/c1-3-26-34-20-9-5-6-10-21(20)36(26)22-11-7-8-18-23(15-40-28(18)22)35(29(38)30(31,32)33)17-12-13-19-24(14-17)39-16-25(19)41-27(37)4-2/h5-14,23,25H,3-4,15-16H2,1-2H3/t23-,25-/m1/s1. The van der Waals surface area contributed by atoms with E-state index in [1.54, 1.807) is 19.1 Å². The number of esters is 1. The summed E-state index contributed by atoms with van der Waals surface area (Å²) in [7, 11) is 0. The molecule has 2 aliphatic rings. The fourth-order valence-corrected chi connectivity index (χ4v) is 5.42. The van der Waals surface area contributed by atoms with Crippen LogP contribution in [0.1, 0.15) is 49.4 Å². The summed E-state index contributed by atoms with van der Waals surface area (Å²) in [5.74, 6) is -1.04. The Hall–Kier alpha value is -4.54. The molecule has 0 aliphatic carbocycles. The number of hydrogen-bond acceptors (Lipinski definition) is 6. The SMILES string of the molecule is CCC(=O)O[C@@H]1COc2cc(N(C(=O)C(F)(F)F)[C@@H]3COc4c3cccc4-n3c(CC)nc4ccccc43)ccc21. The monoisotopic (exact) mass is 565 g/mol. The number of imidazole rings is 1. The Morgan fingerprint density at radius 2 is 1.83 bits per heavy atom. The molecule has 0 N–H and O–H groups in total. The number of nitrogens with zero attached hydrogens (tertiary/aromatic N) is 3. The molecule has 212 valence electrons. The van der Waals surface area contributed by atoms with Crippen LogP contribution in [-0.2, 0) is 20.7 Å². The zero-order valence-electron chi connectivity index (χ0n) is 22.3. The van der Waals surface area contributed by atoms with Gasteiger partial charge in [0.05, 0.1) is 22.8 Å². The molecular formula is C30H26F3N3O5. The van der Waals surface area contributed by atoms with Gasteiger partial charge in [-0.3, -0.25) is 19.1 Å². The minimum atomic E-state index is -5.14. The Morgan fingerprint density at radius 1 is 1.02 bits per heavy atom. The second-order valence-corrected chi connectivity index (χ2v) is 9.77. The van der Waals surface area contributed by atoms with Gasteiger partial charge in [-0.1, -0.05) is 38.1 Å². The van der Waals surface area contributed by atoms with Crippen molar-refractivity contribution in [1.29, 1.82) is 0 Å². The summed E-state index contributed by atoms with van der Waals surface area (Å²) in [6.07, 6.45) is -5.02. The van der Waals surface area contributed by atoms with Crippen LogP contribution in [0.5, 0.6) is 11.5 Å². The van der Waals surface area contributed by atoms with Gasteiger partial charge in [-0.25, -0.2) is 4.98 Å². The number of hydrogen-bond donors (Lipinski definition) is 0. The molecule has 0 fully saturated rings. The number of aryl methyl sites for hydroxylation is 1. The van der Waals surface area contributed by atoms with Crippen LogP contribution < -0.4 is 14.4 Å². The number of aromatic nitrogens is 2. The van der Waals surface area contributed by atoms with Crippen LogP contribution in [0.25, 0.3) is 16.7 Å². The first-order valence-corrected chi connectivity index (χ1v) is 13.3. The van der Waals surface area contributed by atoms with Gasteiger partial charge in [-0.15, -0.1) is 0 Å². The van der Waals surface area contributed by atoms with Crippen molar-refractivity contribution < 1.29 is 37.0 Å². The van der Waals surface area contributed by atoms with Crippen LogP contribution in [-0.4, -0.2) is 40.8 Å². The highest BCUT2D eigenvalue weighted by molar-refractivity contribution is 5.98. The Morgan fingerprint density at radius 3 is 2.59 bits per heavy atom. The molecule has 0 saturated carbocycles. The number of halogens is 3. The summed E-state index contributed by atoms with van der Waals surface area (Å²) in [5, 5.41) is 0. The topological polar surface area (TPSA) is 82.9 Å². The molecule has 1 amide bonds. The Kier molecular flexibility index (Phi) is 6.59. The molecule has 0 spiro atoms. The average Bonchev–Trinajstić information content (AvgIpc) is 3.68. The minimum Gasteiger partial charge on any atom is -0.489 e. The smallest absolute Gasteiger partial charge is 0.471 e. The van der Waals surface area contributed by atoms with E-state index in [1.807, 2.05) is 41.8 Å². The first kappa shape index (κ1) is 26.7. The van der Waals surface area contributed by atoms with Gasteiger partial charge in [0, 0.05) is 35.7 Å². The van der Waals surface area contributed by atoms with Crippen molar-refractivity contribution in [3.8, 4) is 17.2 Å². The van der Waals surface area contributed by atoms with Crippen molar-refractivity contribution in [2.75, 3.05) is 18.1 Å². The highest BCUT2D eigenvalue weighted by Gasteiger charge is 2.48. The van der Waals surface area contributed by atoms with E-state index < -0.39 is 30.2 Å². The number of fused-ring (bicyclic) bond motifs is 3. The van der Waals surface area contributed by atoms with E-state index in [0.717, 1.165) is 16.9 Å². The quantitative estimate of drug-likeness (QED) is 0.267. The zero-order valence-corrected chi connectivity index (χ0v) is 22.3. The lowest BCUT2D eigenvalue weighted by Gasteiger charge is -2.29. The summed E-state index contributed by atoms with van der Waals surface area (Å²) >= 11 is 0. The van der Waals surface area contributed by atoms with Crippen LogP contribution in [0.3, 0.4) is 0 Å². The number of carbonyl (C=O) groups excluding carboxylic acids is 2. The maximum Gasteiger partial charge on any atom is 0.471 e. The van der Waals surface area contributed by atoms with Gasteiger partial charge in [-0.2, -0.15) is 13.2 Å². The van der Waals surface area contributed by atoms with Crippen LogP contribution in [0.15, 0.2) is 60.7 Å². The lowest BCUT2D eigenvalue weighted by Crippen LogP contribution is -2.44.